The molecule has 1 aliphatic rings. The van der Waals surface area contributed by atoms with Gasteiger partial charge in [0.25, 0.3) is 0 Å². The zero-order chi connectivity index (χ0) is 19.2. The number of nitrogens with zero attached hydrogens (tertiary/aromatic N) is 2. The van der Waals surface area contributed by atoms with Crippen molar-refractivity contribution in [1.82, 2.24) is 14.8 Å². The normalized spacial score (nSPS) is 16.0. The molecule has 2 heterocycles. The van der Waals surface area contributed by atoms with Crippen LogP contribution in [0.4, 0.5) is 0 Å². The number of benzene rings is 1. The molecule has 0 unspecified atom stereocenters. The van der Waals surface area contributed by atoms with Gasteiger partial charge in [0.15, 0.2) is 0 Å². The number of ether oxygens (including phenoxy) is 1. The highest BCUT2D eigenvalue weighted by Gasteiger charge is 2.25. The third-order valence-electron chi connectivity index (χ3n) is 5.65. The van der Waals surface area contributed by atoms with Gasteiger partial charge in [0.1, 0.15) is 5.75 Å². The van der Waals surface area contributed by atoms with E-state index in [1.54, 1.807) is 7.11 Å². The maximum atomic E-state index is 12.6. The number of likely N-dealkylation sites (tertiary alicyclic amines) is 1. The Morgan fingerprint density at radius 1 is 1.22 bits per heavy atom. The Morgan fingerprint density at radius 2 is 1.93 bits per heavy atom. The molecule has 5 heteroatoms. The molecule has 0 radical (unpaired) electrons. The number of fused-ring (bicyclic) bond motifs is 1. The summed E-state index contributed by atoms with van der Waals surface area (Å²) in [7, 11) is 1.71. The third-order valence-corrected chi connectivity index (χ3v) is 5.65. The molecule has 0 aliphatic carbocycles. The lowest BCUT2D eigenvalue weighted by Crippen LogP contribution is -2.43. The second-order valence-electron chi connectivity index (χ2n) is 7.59. The highest BCUT2D eigenvalue weighted by atomic mass is 16.5. The van der Waals surface area contributed by atoms with Gasteiger partial charge in [0.05, 0.1) is 13.7 Å². The van der Waals surface area contributed by atoms with Crippen molar-refractivity contribution in [3.05, 3.63) is 30.0 Å². The molecule has 3 rings (SSSR count). The van der Waals surface area contributed by atoms with Crippen LogP contribution in [0.1, 0.15) is 51.0 Å². The summed E-state index contributed by atoms with van der Waals surface area (Å²) in [5, 5.41) is 1.26. The van der Waals surface area contributed by atoms with Crippen molar-refractivity contribution in [2.24, 2.45) is 0 Å². The fourth-order valence-corrected chi connectivity index (χ4v) is 4.18. The largest absolute Gasteiger partial charge is 0.497 e. The van der Waals surface area contributed by atoms with Gasteiger partial charge in [-0.15, -0.1) is 0 Å². The monoisotopic (exact) mass is 371 g/mol. The van der Waals surface area contributed by atoms with E-state index in [2.05, 4.69) is 42.1 Å². The van der Waals surface area contributed by atoms with Crippen LogP contribution in [0.2, 0.25) is 0 Å². The van der Waals surface area contributed by atoms with Crippen LogP contribution in [0, 0.1) is 0 Å². The van der Waals surface area contributed by atoms with Gasteiger partial charge in [-0.25, -0.2) is 0 Å². The van der Waals surface area contributed by atoms with Crippen LogP contribution in [-0.2, 0) is 4.79 Å². The van der Waals surface area contributed by atoms with Gasteiger partial charge in [-0.1, -0.05) is 13.8 Å². The Labute approximate surface area is 162 Å². The molecule has 0 atom stereocenters. The number of nitrogens with one attached hydrogen (secondary N) is 1. The van der Waals surface area contributed by atoms with E-state index in [1.807, 2.05) is 11.0 Å². The van der Waals surface area contributed by atoms with Crippen molar-refractivity contribution >= 4 is 16.8 Å². The predicted molar refractivity (Wildman–Crippen MR) is 110 cm³/mol. The molecule has 1 amide bonds. The molecule has 0 saturated carbocycles. The number of aromatic nitrogens is 1. The van der Waals surface area contributed by atoms with Crippen molar-refractivity contribution < 1.29 is 9.53 Å². The zero-order valence-electron chi connectivity index (χ0n) is 17.0. The first-order chi connectivity index (χ1) is 13.2. The number of carbonyl (C=O) groups is 1. The van der Waals surface area contributed by atoms with Crippen molar-refractivity contribution in [3.8, 4) is 5.75 Å². The molecule has 0 spiro atoms. The molecule has 27 heavy (non-hydrogen) atoms. The van der Waals surface area contributed by atoms with Crippen molar-refractivity contribution in [3.63, 3.8) is 0 Å². The van der Waals surface area contributed by atoms with E-state index >= 15 is 0 Å². The average molecular weight is 372 g/mol. The van der Waals surface area contributed by atoms with E-state index in [0.29, 0.717) is 12.5 Å². The van der Waals surface area contributed by atoms with E-state index in [4.69, 9.17) is 4.74 Å². The zero-order valence-corrected chi connectivity index (χ0v) is 17.0. The molecule has 1 N–H and O–H groups in total. The second-order valence-corrected chi connectivity index (χ2v) is 7.59. The van der Waals surface area contributed by atoms with Gasteiger partial charge in [-0.3, -0.25) is 9.69 Å². The Kier molecular flexibility index (Phi) is 6.78. The minimum absolute atomic E-state index is 0.286. The number of amides is 1. The van der Waals surface area contributed by atoms with Crippen LogP contribution in [0.5, 0.6) is 5.75 Å². The first-order valence-electron chi connectivity index (χ1n) is 10.3. The summed E-state index contributed by atoms with van der Waals surface area (Å²) in [6.45, 7) is 8.56. The first kappa shape index (κ1) is 19.7. The van der Waals surface area contributed by atoms with E-state index < -0.39 is 0 Å². The van der Waals surface area contributed by atoms with Crippen LogP contribution in [0.3, 0.4) is 0 Å². The van der Waals surface area contributed by atoms with Gasteiger partial charge in [-0.2, -0.15) is 0 Å². The molecule has 148 valence electrons. The molecule has 2 aromatic rings. The van der Waals surface area contributed by atoms with Crippen LogP contribution in [0.15, 0.2) is 24.4 Å². The van der Waals surface area contributed by atoms with Crippen molar-refractivity contribution in [2.45, 2.75) is 45.4 Å². The minimum atomic E-state index is 0.286. The van der Waals surface area contributed by atoms with Crippen LogP contribution >= 0.6 is 0 Å². The minimum Gasteiger partial charge on any atom is -0.497 e. The Bertz CT molecular complexity index is 741. The lowest BCUT2D eigenvalue weighted by atomic mass is 9.89. The topological polar surface area (TPSA) is 48.6 Å². The molecule has 1 aliphatic heterocycles. The molecule has 5 nitrogen and oxygen atoms in total. The standard InChI is InChI=1S/C22H33N3O2/c1-4-10-25(11-5-2)22(26)16-24-12-8-17(9-13-24)20-15-23-21-7-6-18(27-3)14-19(20)21/h6-7,14-15,17,23H,4-5,8-13,16H2,1-3H3. The number of aromatic amines is 1. The van der Waals surface area contributed by atoms with E-state index in [0.717, 1.165) is 63.1 Å². The Balaban J connectivity index is 1.60. The molecule has 1 aromatic heterocycles. The number of piperidine rings is 1. The number of H-pyrrole nitrogens is 1. The number of hydrogen-bond donors (Lipinski definition) is 1. The number of rotatable bonds is 8. The quantitative estimate of drug-likeness (QED) is 0.763. The molecular formula is C22H33N3O2. The fourth-order valence-electron chi connectivity index (χ4n) is 4.18. The van der Waals surface area contributed by atoms with Gasteiger partial charge in [0, 0.05) is 30.2 Å². The van der Waals surface area contributed by atoms with Gasteiger partial charge in [0.2, 0.25) is 5.91 Å². The summed E-state index contributed by atoms with van der Waals surface area (Å²) in [4.78, 5) is 20.4. The Hall–Kier alpha value is -2.01. The second kappa shape index (κ2) is 9.27. The lowest BCUT2D eigenvalue weighted by molar-refractivity contribution is -0.132. The van der Waals surface area contributed by atoms with Crippen molar-refractivity contribution in [1.29, 1.82) is 0 Å². The fraction of sp³-hybridized carbons (Fsp3) is 0.591. The van der Waals surface area contributed by atoms with Crippen LogP contribution in [-0.4, -0.2) is 60.5 Å². The maximum absolute atomic E-state index is 12.6. The summed E-state index contributed by atoms with van der Waals surface area (Å²) in [6.07, 6.45) is 6.40. The highest BCUT2D eigenvalue weighted by Crippen LogP contribution is 2.34. The number of hydrogen-bond acceptors (Lipinski definition) is 3. The predicted octanol–water partition coefficient (Wildman–Crippen LogP) is 4.00. The van der Waals surface area contributed by atoms with E-state index in [1.165, 1.54) is 10.9 Å². The summed E-state index contributed by atoms with van der Waals surface area (Å²) in [5.74, 6) is 1.73. The molecule has 0 bridgehead atoms. The third kappa shape index (κ3) is 4.64. The SMILES string of the molecule is CCCN(CCC)C(=O)CN1CCC(c2c[nH]c3ccc(OC)cc23)CC1. The van der Waals surface area contributed by atoms with E-state index in [-0.39, 0.29) is 5.91 Å². The van der Waals surface area contributed by atoms with Crippen LogP contribution < -0.4 is 4.74 Å². The maximum Gasteiger partial charge on any atom is 0.236 e. The van der Waals surface area contributed by atoms with Gasteiger partial charge < -0.3 is 14.6 Å². The average Bonchev–Trinajstić information content (AvgIpc) is 3.11. The van der Waals surface area contributed by atoms with Gasteiger partial charge >= 0.3 is 0 Å². The van der Waals surface area contributed by atoms with E-state index in [9.17, 15) is 4.79 Å². The smallest absolute Gasteiger partial charge is 0.236 e. The molecule has 1 aromatic carbocycles. The Morgan fingerprint density at radius 3 is 2.56 bits per heavy atom. The summed E-state index contributed by atoms with van der Waals surface area (Å²) >= 11 is 0. The lowest BCUT2D eigenvalue weighted by Gasteiger charge is -2.33. The number of methoxy groups -OCH3 is 1. The van der Waals surface area contributed by atoms with Crippen LogP contribution in [0.25, 0.3) is 10.9 Å². The van der Waals surface area contributed by atoms with Crippen molar-refractivity contribution in [2.75, 3.05) is 39.8 Å². The van der Waals surface area contributed by atoms with Gasteiger partial charge in [-0.05, 0) is 68.5 Å². The summed E-state index contributed by atoms with van der Waals surface area (Å²) in [6, 6.07) is 6.21. The number of carbonyl (C=O) groups excluding carboxylic acids is 1. The first-order valence-corrected chi connectivity index (χ1v) is 10.3. The summed E-state index contributed by atoms with van der Waals surface area (Å²) < 4.78 is 5.39. The molecular weight excluding hydrogens is 338 g/mol. The summed E-state index contributed by atoms with van der Waals surface area (Å²) in [5.41, 5.74) is 2.55. The highest BCUT2D eigenvalue weighted by molar-refractivity contribution is 5.85. The molecule has 1 saturated heterocycles. The molecule has 1 fully saturated rings.